The predicted octanol–water partition coefficient (Wildman–Crippen LogP) is -2.86. The van der Waals surface area contributed by atoms with E-state index in [0.29, 0.717) is 6.61 Å². The molecule has 0 spiro atoms. The van der Waals surface area contributed by atoms with Crippen molar-refractivity contribution in [3.8, 4) is 0 Å². The zero-order valence-corrected chi connectivity index (χ0v) is 20.0. The zero-order chi connectivity index (χ0) is 16.6. The number of unbranched alkanes of at least 4 members (excludes halogenated alkanes) is 9. The minimum Gasteiger partial charge on any atom is -0.759 e. The third-order valence-corrected chi connectivity index (χ3v) is 2.80. The minimum absolute atomic E-state index is 0. The fraction of sp³-hybridized carbons (Fsp3) is 0.929. The summed E-state index contributed by atoms with van der Waals surface area (Å²) in [7, 11) is -5.17. The Hall–Kier alpha value is 1.34. The molecule has 0 aliphatic rings. The third kappa shape index (κ3) is 51.7. The SMILES string of the molecule is CCCCCCCCCCCCOC(C)=O.O=S(=O)([O-])[O-].[Na+].[Na+]. The molecule has 23 heavy (non-hydrogen) atoms. The number of rotatable bonds is 11. The number of esters is 1. The van der Waals surface area contributed by atoms with Crippen molar-refractivity contribution in [2.45, 2.75) is 78.1 Å². The van der Waals surface area contributed by atoms with Gasteiger partial charge in [-0.1, -0.05) is 64.7 Å². The fourth-order valence-electron chi connectivity index (χ4n) is 1.81. The van der Waals surface area contributed by atoms with E-state index in [4.69, 9.17) is 22.3 Å². The van der Waals surface area contributed by atoms with Gasteiger partial charge < -0.3 is 13.8 Å². The van der Waals surface area contributed by atoms with E-state index in [1.807, 2.05) is 0 Å². The van der Waals surface area contributed by atoms with E-state index in [1.54, 1.807) is 0 Å². The summed E-state index contributed by atoms with van der Waals surface area (Å²) in [5.41, 5.74) is 0. The van der Waals surface area contributed by atoms with Gasteiger partial charge in [-0.3, -0.25) is 13.2 Å². The number of carbonyl (C=O) groups is 1. The molecule has 6 nitrogen and oxygen atoms in total. The monoisotopic (exact) mass is 370 g/mol. The van der Waals surface area contributed by atoms with E-state index in [2.05, 4.69) is 6.92 Å². The molecule has 0 radical (unpaired) electrons. The molecule has 128 valence electrons. The Morgan fingerprint density at radius 3 is 1.43 bits per heavy atom. The van der Waals surface area contributed by atoms with Gasteiger partial charge in [0.2, 0.25) is 0 Å². The van der Waals surface area contributed by atoms with Crippen molar-refractivity contribution in [3.63, 3.8) is 0 Å². The smallest absolute Gasteiger partial charge is 0.759 e. The molecule has 0 N–H and O–H groups in total. The summed E-state index contributed by atoms with van der Waals surface area (Å²) < 4.78 is 39.0. The van der Waals surface area contributed by atoms with E-state index in [1.165, 1.54) is 64.7 Å². The maximum absolute atomic E-state index is 10.5. The number of hydrogen-bond acceptors (Lipinski definition) is 6. The summed E-state index contributed by atoms with van der Waals surface area (Å²) in [4.78, 5) is 10.5. The average Bonchev–Trinajstić information content (AvgIpc) is 2.33. The van der Waals surface area contributed by atoms with Crippen molar-refractivity contribution >= 4 is 16.4 Å². The first kappa shape index (κ1) is 32.0. The third-order valence-electron chi connectivity index (χ3n) is 2.80. The van der Waals surface area contributed by atoms with Crippen LogP contribution in [0.1, 0.15) is 78.1 Å². The Labute approximate surface area is 185 Å². The Balaban J connectivity index is -0.000000225. The van der Waals surface area contributed by atoms with Crippen LogP contribution < -0.4 is 59.1 Å². The summed E-state index contributed by atoms with van der Waals surface area (Å²) in [6.45, 7) is 4.32. The van der Waals surface area contributed by atoms with E-state index in [0.717, 1.165) is 6.42 Å². The first-order chi connectivity index (χ1) is 9.77. The molecule has 0 saturated heterocycles. The molecular formula is C14H28Na2O6S. The second-order valence-corrected chi connectivity index (χ2v) is 5.75. The van der Waals surface area contributed by atoms with E-state index < -0.39 is 10.4 Å². The van der Waals surface area contributed by atoms with Gasteiger partial charge in [-0.15, -0.1) is 0 Å². The van der Waals surface area contributed by atoms with Crippen LogP contribution in [0.4, 0.5) is 0 Å². The molecule has 9 heteroatoms. The van der Waals surface area contributed by atoms with Gasteiger partial charge in [0, 0.05) is 17.3 Å². The van der Waals surface area contributed by atoms with Crippen molar-refractivity contribution < 1.29 is 86.2 Å². The number of hydrogen-bond donors (Lipinski definition) is 0. The maximum Gasteiger partial charge on any atom is 1.00 e. The Morgan fingerprint density at radius 1 is 0.826 bits per heavy atom. The molecule has 0 saturated carbocycles. The summed E-state index contributed by atoms with van der Waals surface area (Å²) in [5.74, 6) is -0.157. The van der Waals surface area contributed by atoms with Crippen molar-refractivity contribution in [1.82, 2.24) is 0 Å². The van der Waals surface area contributed by atoms with Crippen molar-refractivity contribution in [2.75, 3.05) is 6.61 Å². The molecule has 0 amide bonds. The van der Waals surface area contributed by atoms with Gasteiger partial charge in [0.15, 0.2) is 0 Å². The number of carbonyl (C=O) groups excluding carboxylic acids is 1. The molecule has 0 aromatic rings. The van der Waals surface area contributed by atoms with Crippen LogP contribution in [0, 0.1) is 0 Å². The molecule has 0 aromatic heterocycles. The van der Waals surface area contributed by atoms with Crippen LogP contribution in [0.15, 0.2) is 0 Å². The quantitative estimate of drug-likeness (QED) is 0.127. The van der Waals surface area contributed by atoms with Gasteiger partial charge in [-0.25, -0.2) is 0 Å². The van der Waals surface area contributed by atoms with Gasteiger partial charge in [0.1, 0.15) is 0 Å². The second-order valence-electron chi connectivity index (χ2n) is 4.93. The van der Waals surface area contributed by atoms with Gasteiger partial charge in [0.25, 0.3) is 0 Å². The second kappa shape index (κ2) is 23.3. The van der Waals surface area contributed by atoms with Gasteiger partial charge in [-0.05, 0) is 6.42 Å². The normalized spacial score (nSPS) is 9.74. The first-order valence-electron chi connectivity index (χ1n) is 7.57. The molecule has 0 heterocycles. The minimum atomic E-state index is -5.17. The first-order valence-corrected chi connectivity index (χ1v) is 8.90. The fourth-order valence-corrected chi connectivity index (χ4v) is 1.81. The molecule has 0 aromatic carbocycles. The van der Waals surface area contributed by atoms with Crippen molar-refractivity contribution in [3.05, 3.63) is 0 Å². The van der Waals surface area contributed by atoms with Crippen LogP contribution in [0.5, 0.6) is 0 Å². The number of ether oxygens (including phenoxy) is 1. The standard InChI is InChI=1S/C14H28O2.2Na.H2O4S/c1-3-4-5-6-7-8-9-10-11-12-13-16-14(2)15;;;1-5(2,3)4/h3-13H2,1-2H3;;;(H2,1,2,3,4)/q;2*+1;/p-2. The Morgan fingerprint density at radius 2 is 1.13 bits per heavy atom. The predicted molar refractivity (Wildman–Crippen MR) is 79.0 cm³/mol. The van der Waals surface area contributed by atoms with Gasteiger partial charge in [-0.2, -0.15) is 0 Å². The topological polar surface area (TPSA) is 107 Å². The molecule has 0 aliphatic heterocycles. The van der Waals surface area contributed by atoms with E-state index in [9.17, 15) is 4.79 Å². The van der Waals surface area contributed by atoms with Crippen LogP contribution in [0.25, 0.3) is 0 Å². The van der Waals surface area contributed by atoms with Crippen LogP contribution >= 0.6 is 0 Å². The molecule has 0 atom stereocenters. The van der Waals surface area contributed by atoms with Crippen molar-refractivity contribution in [2.24, 2.45) is 0 Å². The molecule has 0 unspecified atom stereocenters. The zero-order valence-electron chi connectivity index (χ0n) is 15.1. The molecular weight excluding hydrogens is 342 g/mol. The van der Waals surface area contributed by atoms with Crippen molar-refractivity contribution in [1.29, 1.82) is 0 Å². The largest absolute Gasteiger partial charge is 1.00 e. The molecule has 0 bridgehead atoms. The van der Waals surface area contributed by atoms with E-state index >= 15 is 0 Å². The Bertz CT molecular complexity index is 328. The summed E-state index contributed by atoms with van der Waals surface area (Å²) >= 11 is 0. The molecule has 0 aliphatic carbocycles. The molecule has 0 fully saturated rings. The molecule has 0 rings (SSSR count). The Kier molecular flexibility index (Phi) is 32.5. The van der Waals surface area contributed by atoms with Crippen LogP contribution in [-0.4, -0.2) is 30.1 Å². The van der Waals surface area contributed by atoms with Crippen LogP contribution in [0.3, 0.4) is 0 Å². The summed E-state index contributed by atoms with van der Waals surface area (Å²) in [5, 5.41) is 0. The van der Waals surface area contributed by atoms with Gasteiger partial charge >= 0.3 is 65.1 Å². The van der Waals surface area contributed by atoms with Gasteiger partial charge in [0.05, 0.1) is 6.61 Å². The maximum atomic E-state index is 10.5. The average molecular weight is 370 g/mol. The summed E-state index contributed by atoms with van der Waals surface area (Å²) in [6, 6.07) is 0. The van der Waals surface area contributed by atoms with E-state index in [-0.39, 0.29) is 65.1 Å². The van der Waals surface area contributed by atoms with Crippen LogP contribution in [0.2, 0.25) is 0 Å². The summed E-state index contributed by atoms with van der Waals surface area (Å²) in [6.07, 6.45) is 13.1. The van der Waals surface area contributed by atoms with Crippen LogP contribution in [-0.2, 0) is 19.9 Å².